The summed E-state index contributed by atoms with van der Waals surface area (Å²) < 4.78 is 50.7. The van der Waals surface area contributed by atoms with Gasteiger partial charge in [-0.15, -0.1) is 0 Å². The molecular formula is C31H40F3N5O4S. The Balaban J connectivity index is 1.30. The predicted molar refractivity (Wildman–Crippen MR) is 165 cm³/mol. The zero-order valence-corrected chi connectivity index (χ0v) is 26.5. The van der Waals surface area contributed by atoms with Crippen molar-refractivity contribution in [2.75, 3.05) is 50.3 Å². The van der Waals surface area contributed by atoms with E-state index < -0.39 is 23.8 Å². The van der Waals surface area contributed by atoms with E-state index in [1.54, 1.807) is 19.1 Å². The number of alkyl halides is 3. The minimum absolute atomic E-state index is 0.0691. The Kier molecular flexibility index (Phi) is 11.0. The molecule has 3 aromatic rings. The van der Waals surface area contributed by atoms with Gasteiger partial charge in [0.1, 0.15) is 22.9 Å². The van der Waals surface area contributed by atoms with E-state index in [1.165, 1.54) is 23.9 Å². The second-order valence-electron chi connectivity index (χ2n) is 11.6. The average molecular weight is 636 g/mol. The Bertz CT molecular complexity index is 1440. The quantitative estimate of drug-likeness (QED) is 0.156. The smallest absolute Gasteiger partial charge is 0.420 e. The average Bonchev–Trinajstić information content (AvgIpc) is 3.36. The van der Waals surface area contributed by atoms with E-state index in [-0.39, 0.29) is 40.6 Å². The zero-order valence-electron chi connectivity index (χ0n) is 25.7. The Morgan fingerprint density at radius 1 is 1.05 bits per heavy atom. The van der Waals surface area contributed by atoms with Crippen LogP contribution in [0.1, 0.15) is 63.1 Å². The number of esters is 1. The number of benzene rings is 2. The minimum atomic E-state index is -4.50. The molecule has 0 radical (unpaired) electrons. The van der Waals surface area contributed by atoms with Crippen LogP contribution in [-0.2, 0) is 15.8 Å². The van der Waals surface area contributed by atoms with Crippen molar-refractivity contribution in [3.05, 3.63) is 47.0 Å². The molecule has 1 saturated heterocycles. The van der Waals surface area contributed by atoms with Gasteiger partial charge in [0.05, 0.1) is 6.54 Å². The van der Waals surface area contributed by atoms with Crippen LogP contribution in [-0.4, -0.2) is 77.7 Å². The number of para-hydroxylation sites is 1. The Labute approximate surface area is 259 Å². The molecule has 1 aliphatic heterocycles. The van der Waals surface area contributed by atoms with Crippen LogP contribution in [0.15, 0.2) is 40.0 Å². The van der Waals surface area contributed by atoms with Gasteiger partial charge in [-0.2, -0.15) is 13.2 Å². The molecule has 0 aliphatic carbocycles. The van der Waals surface area contributed by atoms with Gasteiger partial charge in [0.25, 0.3) is 5.22 Å². The number of ether oxygens (including phenoxy) is 1. The lowest BCUT2D eigenvalue weighted by atomic mass is 9.92. The van der Waals surface area contributed by atoms with E-state index in [2.05, 4.69) is 20.1 Å². The monoisotopic (exact) mass is 635 g/mol. The molecule has 2 heterocycles. The van der Waals surface area contributed by atoms with Crippen LogP contribution in [0.5, 0.6) is 5.75 Å². The molecule has 0 bridgehead atoms. The second-order valence-corrected chi connectivity index (χ2v) is 12.7. The number of carbonyl (C=O) groups is 2. The molecule has 0 saturated carbocycles. The van der Waals surface area contributed by atoms with Crippen LogP contribution in [0.2, 0.25) is 0 Å². The maximum absolute atomic E-state index is 13.3. The molecule has 1 amide bonds. The standard InChI is InChI=1S/C31H40F3N5O4S/c1-18(2)22-15-21(42-29(41)20(5)35)16-23(19(3)4)27(22)37-26(40)17-39-11-9-38(10-12-39)13-14-44-30-36-25-8-6-7-24(28(25)43-30)31(32,33)34/h6-8,15-16,18-20H,9-14,17,35H2,1-5H3,(H,37,40)/t20-/m0/s1. The van der Waals surface area contributed by atoms with Gasteiger partial charge >= 0.3 is 12.1 Å². The first-order valence-corrected chi connectivity index (χ1v) is 15.7. The number of fused-ring (bicyclic) bond motifs is 1. The molecule has 1 atom stereocenters. The van der Waals surface area contributed by atoms with Crippen LogP contribution in [0.3, 0.4) is 0 Å². The highest BCUT2D eigenvalue weighted by molar-refractivity contribution is 7.99. The van der Waals surface area contributed by atoms with Crippen LogP contribution in [0.4, 0.5) is 18.9 Å². The molecule has 240 valence electrons. The van der Waals surface area contributed by atoms with Crippen LogP contribution in [0, 0.1) is 0 Å². The summed E-state index contributed by atoms with van der Waals surface area (Å²) in [5, 5.41) is 3.35. The third kappa shape index (κ3) is 8.52. The summed E-state index contributed by atoms with van der Waals surface area (Å²) in [6, 6.07) is 6.66. The highest BCUT2D eigenvalue weighted by Crippen LogP contribution is 2.38. The first kappa shape index (κ1) is 33.8. The maximum atomic E-state index is 13.3. The van der Waals surface area contributed by atoms with Gasteiger partial charge in [0.15, 0.2) is 5.58 Å². The van der Waals surface area contributed by atoms with Crippen molar-refractivity contribution in [1.82, 2.24) is 14.8 Å². The fraction of sp³-hybridized carbons (Fsp3) is 0.516. The number of hydrogen-bond donors (Lipinski definition) is 2. The van der Waals surface area contributed by atoms with Crippen molar-refractivity contribution in [2.45, 2.75) is 63.9 Å². The van der Waals surface area contributed by atoms with E-state index >= 15 is 0 Å². The van der Waals surface area contributed by atoms with E-state index in [4.69, 9.17) is 14.9 Å². The normalized spacial score (nSPS) is 15.7. The number of rotatable bonds is 11. The van der Waals surface area contributed by atoms with Crippen LogP contribution >= 0.6 is 11.8 Å². The molecule has 44 heavy (non-hydrogen) atoms. The summed E-state index contributed by atoms with van der Waals surface area (Å²) in [6.07, 6.45) is -4.50. The van der Waals surface area contributed by atoms with Gasteiger partial charge in [-0.05, 0) is 54.2 Å². The maximum Gasteiger partial charge on any atom is 0.420 e. The minimum Gasteiger partial charge on any atom is -0.431 e. The lowest BCUT2D eigenvalue weighted by Gasteiger charge is -2.34. The van der Waals surface area contributed by atoms with Gasteiger partial charge in [-0.1, -0.05) is 45.5 Å². The Morgan fingerprint density at radius 2 is 1.66 bits per heavy atom. The highest BCUT2D eigenvalue weighted by atomic mass is 32.2. The van der Waals surface area contributed by atoms with Gasteiger partial charge in [0.2, 0.25) is 5.91 Å². The fourth-order valence-electron chi connectivity index (χ4n) is 5.01. The number of carbonyl (C=O) groups excluding carboxylic acids is 2. The summed E-state index contributed by atoms with van der Waals surface area (Å²) >= 11 is 1.29. The van der Waals surface area contributed by atoms with Gasteiger partial charge < -0.3 is 20.2 Å². The number of nitrogens with one attached hydrogen (secondary N) is 1. The number of nitrogens with two attached hydrogens (primary N) is 1. The third-order valence-electron chi connectivity index (χ3n) is 7.44. The second kappa shape index (κ2) is 14.3. The van der Waals surface area contributed by atoms with Crippen LogP contribution in [0.25, 0.3) is 11.1 Å². The molecule has 0 spiro atoms. The molecule has 13 heteroatoms. The lowest BCUT2D eigenvalue weighted by Crippen LogP contribution is -2.49. The number of hydrogen-bond acceptors (Lipinski definition) is 9. The van der Waals surface area contributed by atoms with Crippen molar-refractivity contribution in [2.24, 2.45) is 5.73 Å². The summed E-state index contributed by atoms with van der Waals surface area (Å²) in [4.78, 5) is 33.9. The number of anilines is 1. The number of piperazine rings is 1. The van der Waals surface area contributed by atoms with Crippen molar-refractivity contribution in [1.29, 1.82) is 0 Å². The topological polar surface area (TPSA) is 114 Å². The number of aromatic nitrogens is 1. The molecule has 1 aliphatic rings. The molecular weight excluding hydrogens is 595 g/mol. The van der Waals surface area contributed by atoms with E-state index in [1.807, 2.05) is 27.7 Å². The highest BCUT2D eigenvalue weighted by Gasteiger charge is 2.34. The molecule has 9 nitrogen and oxygen atoms in total. The first-order chi connectivity index (χ1) is 20.7. The summed E-state index contributed by atoms with van der Waals surface area (Å²) in [5.74, 6) is 0.524. The zero-order chi connectivity index (χ0) is 32.2. The summed E-state index contributed by atoms with van der Waals surface area (Å²) in [5.41, 5.74) is 7.31. The van der Waals surface area contributed by atoms with E-state index in [0.29, 0.717) is 31.1 Å². The van der Waals surface area contributed by atoms with E-state index in [0.717, 1.165) is 36.0 Å². The van der Waals surface area contributed by atoms with Crippen LogP contribution < -0.4 is 15.8 Å². The van der Waals surface area contributed by atoms with Gasteiger partial charge in [-0.3, -0.25) is 14.6 Å². The SMILES string of the molecule is CC(C)c1cc(OC(=O)[C@H](C)N)cc(C(C)C)c1NC(=O)CN1CCN(CCSc2nc3cccc(C(F)(F)F)c3o2)CC1. The van der Waals surface area contributed by atoms with Crippen molar-refractivity contribution < 1.29 is 31.9 Å². The van der Waals surface area contributed by atoms with Crippen molar-refractivity contribution in [3.63, 3.8) is 0 Å². The molecule has 2 aromatic carbocycles. The number of amides is 1. The first-order valence-electron chi connectivity index (χ1n) is 14.7. The number of halogens is 3. The Morgan fingerprint density at radius 3 is 2.23 bits per heavy atom. The van der Waals surface area contributed by atoms with Crippen molar-refractivity contribution >= 4 is 40.4 Å². The molecule has 0 unspecified atom stereocenters. The Hall–Kier alpha value is -3.13. The van der Waals surface area contributed by atoms with Gasteiger partial charge in [-0.25, -0.2) is 9.78 Å². The number of nitrogens with zero attached hydrogens (tertiary/aromatic N) is 3. The van der Waals surface area contributed by atoms with Gasteiger partial charge in [0, 0.05) is 44.2 Å². The van der Waals surface area contributed by atoms with Crippen molar-refractivity contribution in [3.8, 4) is 5.75 Å². The molecule has 3 N–H and O–H groups in total. The van der Waals surface area contributed by atoms with E-state index in [9.17, 15) is 22.8 Å². The predicted octanol–water partition coefficient (Wildman–Crippen LogP) is 5.69. The number of thioether (sulfide) groups is 1. The lowest BCUT2D eigenvalue weighted by molar-refractivity contribution is -0.137. The summed E-state index contributed by atoms with van der Waals surface area (Å²) in [7, 11) is 0. The molecule has 4 rings (SSSR count). The molecule has 1 aromatic heterocycles. The summed E-state index contributed by atoms with van der Waals surface area (Å²) in [6.45, 7) is 13.5. The third-order valence-corrected chi connectivity index (χ3v) is 8.25. The fourth-order valence-corrected chi connectivity index (χ4v) is 5.84. The number of oxazole rings is 1. The molecule has 1 fully saturated rings. The largest absolute Gasteiger partial charge is 0.431 e.